The lowest BCUT2D eigenvalue weighted by Gasteiger charge is -2.16. The van der Waals surface area contributed by atoms with Gasteiger partial charge in [0.15, 0.2) is 0 Å². The Morgan fingerprint density at radius 3 is 2.73 bits per heavy atom. The van der Waals surface area contributed by atoms with Crippen molar-refractivity contribution < 1.29 is 0 Å². The Morgan fingerprint density at radius 2 is 2.13 bits per heavy atom. The van der Waals surface area contributed by atoms with Crippen LogP contribution in [0.25, 0.3) is 0 Å². The van der Waals surface area contributed by atoms with E-state index < -0.39 is 0 Å². The van der Waals surface area contributed by atoms with Gasteiger partial charge in [0.2, 0.25) is 0 Å². The minimum absolute atomic E-state index is 0.559. The van der Waals surface area contributed by atoms with Crippen LogP contribution >= 0.6 is 0 Å². The highest BCUT2D eigenvalue weighted by molar-refractivity contribution is 5.26. The second-order valence-electron chi connectivity index (χ2n) is 3.98. The number of hydrogen-bond donors (Lipinski definition) is 1. The lowest BCUT2D eigenvalue weighted by atomic mass is 9.98. The molecule has 1 unspecified atom stereocenters. The zero-order valence-corrected chi connectivity index (χ0v) is 9.79. The van der Waals surface area contributed by atoms with Crippen LogP contribution in [0.1, 0.15) is 24.0 Å². The summed E-state index contributed by atoms with van der Waals surface area (Å²) in [6.45, 7) is 5.94. The van der Waals surface area contributed by atoms with Crippen molar-refractivity contribution >= 4 is 0 Å². The monoisotopic (exact) mass is 203 g/mol. The summed E-state index contributed by atoms with van der Waals surface area (Å²) in [5, 5.41) is 3.36. The van der Waals surface area contributed by atoms with E-state index in [4.69, 9.17) is 0 Å². The molecule has 0 radical (unpaired) electrons. The minimum atomic E-state index is 0.559. The first kappa shape index (κ1) is 12.0. The number of hydrogen-bond acceptors (Lipinski definition) is 1. The number of likely N-dealkylation sites (N-methyl/N-ethyl adjacent to an activating group) is 1. The van der Waals surface area contributed by atoms with Gasteiger partial charge in [0.05, 0.1) is 0 Å². The Kier molecular flexibility index (Phi) is 5.13. The molecule has 0 amide bonds. The molecule has 1 heteroatoms. The van der Waals surface area contributed by atoms with Crippen molar-refractivity contribution in [3.05, 3.63) is 48.0 Å². The van der Waals surface area contributed by atoms with E-state index in [0.29, 0.717) is 6.04 Å². The third-order valence-corrected chi connectivity index (χ3v) is 2.86. The van der Waals surface area contributed by atoms with Crippen LogP contribution in [-0.4, -0.2) is 13.1 Å². The van der Waals surface area contributed by atoms with Crippen LogP contribution in [-0.2, 0) is 6.42 Å². The molecule has 15 heavy (non-hydrogen) atoms. The van der Waals surface area contributed by atoms with Gasteiger partial charge in [0, 0.05) is 6.04 Å². The molecular formula is C14H21N. The molecule has 0 aliphatic carbocycles. The Labute approximate surface area is 93.2 Å². The second-order valence-corrected chi connectivity index (χ2v) is 3.98. The summed E-state index contributed by atoms with van der Waals surface area (Å²) in [7, 11) is 2.03. The summed E-state index contributed by atoms with van der Waals surface area (Å²) in [5.74, 6) is 0. The Morgan fingerprint density at radius 1 is 1.40 bits per heavy atom. The lowest BCUT2D eigenvalue weighted by molar-refractivity contribution is 0.524. The van der Waals surface area contributed by atoms with E-state index in [2.05, 4.69) is 43.1 Å². The normalized spacial score (nSPS) is 12.4. The van der Waals surface area contributed by atoms with Crippen LogP contribution in [0.5, 0.6) is 0 Å². The third kappa shape index (κ3) is 3.88. The average molecular weight is 203 g/mol. The zero-order valence-electron chi connectivity index (χ0n) is 9.79. The molecule has 82 valence electrons. The van der Waals surface area contributed by atoms with Gasteiger partial charge in [-0.15, -0.1) is 6.58 Å². The quantitative estimate of drug-likeness (QED) is 0.701. The van der Waals surface area contributed by atoms with E-state index in [1.54, 1.807) is 0 Å². The van der Waals surface area contributed by atoms with E-state index in [-0.39, 0.29) is 0 Å². The fraction of sp³-hybridized carbons (Fsp3) is 0.429. The van der Waals surface area contributed by atoms with Crippen molar-refractivity contribution in [3.8, 4) is 0 Å². The molecule has 1 atom stereocenters. The number of nitrogens with one attached hydrogen (secondary N) is 1. The minimum Gasteiger partial charge on any atom is -0.317 e. The van der Waals surface area contributed by atoms with E-state index in [0.717, 1.165) is 19.3 Å². The molecule has 0 bridgehead atoms. The first-order chi connectivity index (χ1) is 7.27. The van der Waals surface area contributed by atoms with E-state index in [1.165, 1.54) is 11.1 Å². The smallest absolute Gasteiger partial charge is 0.0107 e. The van der Waals surface area contributed by atoms with Gasteiger partial charge < -0.3 is 5.32 Å². The molecule has 0 spiro atoms. The summed E-state index contributed by atoms with van der Waals surface area (Å²) < 4.78 is 0. The van der Waals surface area contributed by atoms with Crippen molar-refractivity contribution in [2.45, 2.75) is 32.2 Å². The fourth-order valence-electron chi connectivity index (χ4n) is 1.77. The van der Waals surface area contributed by atoms with Crippen LogP contribution in [0.4, 0.5) is 0 Å². The highest BCUT2D eigenvalue weighted by Gasteiger charge is 2.07. The molecule has 0 aromatic heterocycles. The number of aryl methyl sites for hydroxylation is 1. The lowest BCUT2D eigenvalue weighted by Crippen LogP contribution is -2.27. The molecule has 1 aromatic rings. The van der Waals surface area contributed by atoms with Crippen LogP contribution < -0.4 is 5.32 Å². The van der Waals surface area contributed by atoms with Crippen molar-refractivity contribution in [1.82, 2.24) is 5.32 Å². The molecule has 0 aliphatic rings. The fourth-order valence-corrected chi connectivity index (χ4v) is 1.77. The zero-order chi connectivity index (χ0) is 11.1. The van der Waals surface area contributed by atoms with Crippen molar-refractivity contribution in [3.63, 3.8) is 0 Å². The van der Waals surface area contributed by atoms with E-state index in [1.807, 2.05) is 13.1 Å². The highest BCUT2D eigenvalue weighted by atomic mass is 14.9. The highest BCUT2D eigenvalue weighted by Crippen LogP contribution is 2.12. The summed E-state index contributed by atoms with van der Waals surface area (Å²) >= 11 is 0. The molecule has 1 aromatic carbocycles. The Balaban J connectivity index is 2.58. The van der Waals surface area contributed by atoms with E-state index in [9.17, 15) is 0 Å². The summed E-state index contributed by atoms with van der Waals surface area (Å²) in [6, 6.07) is 9.16. The van der Waals surface area contributed by atoms with Gasteiger partial charge >= 0.3 is 0 Å². The van der Waals surface area contributed by atoms with Crippen LogP contribution in [0.15, 0.2) is 36.9 Å². The third-order valence-electron chi connectivity index (χ3n) is 2.86. The molecule has 1 nitrogen and oxygen atoms in total. The largest absolute Gasteiger partial charge is 0.317 e. The van der Waals surface area contributed by atoms with Gasteiger partial charge in [-0.2, -0.15) is 0 Å². The van der Waals surface area contributed by atoms with Gasteiger partial charge in [-0.1, -0.05) is 30.3 Å². The summed E-state index contributed by atoms with van der Waals surface area (Å²) in [6.07, 6.45) is 5.34. The van der Waals surface area contributed by atoms with Crippen LogP contribution in [0.2, 0.25) is 0 Å². The van der Waals surface area contributed by atoms with Gasteiger partial charge in [-0.05, 0) is 44.4 Å². The average Bonchev–Trinajstić information content (AvgIpc) is 2.26. The molecule has 0 saturated carbocycles. The maximum absolute atomic E-state index is 3.76. The molecule has 1 rings (SSSR count). The predicted molar refractivity (Wildman–Crippen MR) is 67.2 cm³/mol. The van der Waals surface area contributed by atoms with Crippen molar-refractivity contribution in [2.24, 2.45) is 0 Å². The van der Waals surface area contributed by atoms with Gasteiger partial charge in [0.25, 0.3) is 0 Å². The molecule has 1 N–H and O–H groups in total. The Hall–Kier alpha value is -1.08. The summed E-state index contributed by atoms with van der Waals surface area (Å²) in [5.41, 5.74) is 2.83. The number of allylic oxidation sites excluding steroid dienone is 1. The first-order valence-corrected chi connectivity index (χ1v) is 5.60. The maximum atomic E-state index is 3.76. The molecule has 0 saturated heterocycles. The first-order valence-electron chi connectivity index (χ1n) is 5.60. The van der Waals surface area contributed by atoms with Crippen molar-refractivity contribution in [1.29, 1.82) is 0 Å². The van der Waals surface area contributed by atoms with Gasteiger partial charge in [0.1, 0.15) is 0 Å². The van der Waals surface area contributed by atoms with Gasteiger partial charge in [-0.3, -0.25) is 0 Å². The second kappa shape index (κ2) is 6.41. The SMILES string of the molecule is C=CCCC(Cc1ccccc1C)NC. The maximum Gasteiger partial charge on any atom is 0.0107 e. The molecule has 0 heterocycles. The summed E-state index contributed by atoms with van der Waals surface area (Å²) in [4.78, 5) is 0. The number of rotatable bonds is 6. The predicted octanol–water partition coefficient (Wildman–Crippen LogP) is 3.09. The molecule has 0 fully saturated rings. The number of benzene rings is 1. The van der Waals surface area contributed by atoms with Crippen LogP contribution in [0.3, 0.4) is 0 Å². The van der Waals surface area contributed by atoms with E-state index >= 15 is 0 Å². The van der Waals surface area contributed by atoms with Gasteiger partial charge in [-0.25, -0.2) is 0 Å². The standard InChI is InChI=1S/C14H21N/c1-4-5-10-14(15-3)11-13-9-7-6-8-12(13)2/h4,6-9,14-15H,1,5,10-11H2,2-3H3. The topological polar surface area (TPSA) is 12.0 Å². The Bertz CT molecular complexity index is 304. The molecular weight excluding hydrogens is 182 g/mol. The van der Waals surface area contributed by atoms with Crippen LogP contribution in [0, 0.1) is 6.92 Å². The van der Waals surface area contributed by atoms with Crippen molar-refractivity contribution in [2.75, 3.05) is 7.05 Å². The molecule has 0 aliphatic heterocycles.